The van der Waals surface area contributed by atoms with Crippen LogP contribution in [0.25, 0.3) is 10.9 Å². The number of nitrogens with one attached hydrogen (secondary N) is 1. The number of halogens is 1. The Morgan fingerprint density at radius 3 is 2.52 bits per heavy atom. The molecule has 0 spiro atoms. The number of rotatable bonds is 10. The number of carbonyl (C=O) groups is 3. The summed E-state index contributed by atoms with van der Waals surface area (Å²) in [6.07, 6.45) is 3.69. The lowest BCUT2D eigenvalue weighted by molar-refractivity contribution is -0.136. The average molecular weight is 467 g/mol. The highest BCUT2D eigenvalue weighted by Crippen LogP contribution is 2.38. The maximum atomic E-state index is 13.6. The number of carbonyl (C=O) groups excluding carboxylic acids is 2. The number of fused-ring (bicyclic) bond motifs is 1. The Hall–Kier alpha value is -3.12. The van der Waals surface area contributed by atoms with Gasteiger partial charge >= 0.3 is 5.97 Å². The molecule has 0 unspecified atom stereocenters. The molecule has 1 fully saturated rings. The fraction of sp³-hybridized carbons (Fsp3) is 0.346. The van der Waals surface area contributed by atoms with Crippen molar-refractivity contribution in [2.45, 2.75) is 32.1 Å². The highest BCUT2D eigenvalue weighted by atomic mass is 35.5. The fourth-order valence-electron chi connectivity index (χ4n) is 4.27. The summed E-state index contributed by atoms with van der Waals surface area (Å²) in [4.78, 5) is 36.4. The van der Waals surface area contributed by atoms with E-state index in [1.54, 1.807) is 12.1 Å². The van der Waals surface area contributed by atoms with Gasteiger partial charge in [-0.15, -0.1) is 0 Å². The molecular formula is C26H27ClN2O4. The van der Waals surface area contributed by atoms with Gasteiger partial charge in [0.2, 0.25) is 0 Å². The summed E-state index contributed by atoms with van der Waals surface area (Å²) in [7, 11) is 1.91. The third-order valence-electron chi connectivity index (χ3n) is 6.27. The minimum Gasteiger partial charge on any atom is -0.481 e. The third-order valence-corrected chi connectivity index (χ3v) is 6.50. The minimum absolute atomic E-state index is 0.0874. The molecule has 0 bridgehead atoms. The summed E-state index contributed by atoms with van der Waals surface area (Å²) in [5.41, 5.74) is 3.14. The number of aryl methyl sites for hydroxylation is 1. The monoisotopic (exact) mass is 466 g/mol. The van der Waals surface area contributed by atoms with E-state index < -0.39 is 5.97 Å². The molecule has 1 heterocycles. The molecule has 172 valence electrons. The lowest BCUT2D eigenvalue weighted by Gasteiger charge is -2.17. The van der Waals surface area contributed by atoms with E-state index in [9.17, 15) is 14.4 Å². The standard InChI is InChI=1S/C26H27ClN2O4/c1-29-22-9-8-21(27)14-19(22)15-23(29)25(32)20(12-16-2-3-16)13-17-4-6-18(7-5-17)26(33)28-11-10-24(30)31/h4-9,14-16,20H,2-3,10-13H2,1H3,(H,28,33)(H,30,31)/t20-/m0/s1. The van der Waals surface area contributed by atoms with Gasteiger partial charge < -0.3 is 15.0 Å². The van der Waals surface area contributed by atoms with Crippen molar-refractivity contribution in [1.82, 2.24) is 9.88 Å². The van der Waals surface area contributed by atoms with Crippen LogP contribution in [0.15, 0.2) is 48.5 Å². The average Bonchev–Trinajstić information content (AvgIpc) is 3.54. The Morgan fingerprint density at radius 2 is 1.85 bits per heavy atom. The van der Waals surface area contributed by atoms with Gasteiger partial charge in [-0.25, -0.2) is 0 Å². The van der Waals surface area contributed by atoms with E-state index in [0.717, 1.165) is 22.9 Å². The number of Topliss-reactive ketones (excluding diaryl/α,β-unsaturated/α-hetero) is 1. The van der Waals surface area contributed by atoms with Crippen LogP contribution in [0.2, 0.25) is 5.02 Å². The van der Waals surface area contributed by atoms with Gasteiger partial charge in [0, 0.05) is 41.0 Å². The molecule has 1 aliphatic carbocycles. The smallest absolute Gasteiger partial charge is 0.305 e. The molecule has 2 aromatic carbocycles. The van der Waals surface area contributed by atoms with Crippen LogP contribution in [0.3, 0.4) is 0 Å². The second-order valence-corrected chi connectivity index (χ2v) is 9.27. The molecule has 0 saturated heterocycles. The van der Waals surface area contributed by atoms with Crippen molar-refractivity contribution in [3.8, 4) is 0 Å². The number of carboxylic acids is 1. The van der Waals surface area contributed by atoms with Gasteiger partial charge in [-0.2, -0.15) is 0 Å². The summed E-state index contributed by atoms with van der Waals surface area (Å²) >= 11 is 6.13. The van der Waals surface area contributed by atoms with E-state index in [0.29, 0.717) is 28.6 Å². The quantitative estimate of drug-likeness (QED) is 0.417. The van der Waals surface area contributed by atoms with E-state index in [-0.39, 0.29) is 30.6 Å². The van der Waals surface area contributed by atoms with E-state index in [1.807, 2.05) is 48.0 Å². The Balaban J connectivity index is 1.49. The van der Waals surface area contributed by atoms with Crippen LogP contribution in [0.1, 0.15) is 52.1 Å². The second-order valence-electron chi connectivity index (χ2n) is 8.83. The topological polar surface area (TPSA) is 88.4 Å². The molecule has 1 atom stereocenters. The van der Waals surface area contributed by atoms with Crippen LogP contribution in [0.4, 0.5) is 0 Å². The van der Waals surface area contributed by atoms with Gasteiger partial charge in [-0.3, -0.25) is 14.4 Å². The SMILES string of the molecule is Cn1c(C(=O)[C@H](Cc2ccc(C(=O)NCCC(=O)O)cc2)CC2CC2)cc2cc(Cl)ccc21. The number of benzene rings is 2. The number of ketones is 1. The lowest BCUT2D eigenvalue weighted by Crippen LogP contribution is -2.26. The molecular weight excluding hydrogens is 440 g/mol. The molecule has 4 rings (SSSR count). The fourth-order valence-corrected chi connectivity index (χ4v) is 4.45. The predicted octanol–water partition coefficient (Wildman–Crippen LogP) is 4.88. The summed E-state index contributed by atoms with van der Waals surface area (Å²) in [6, 6.07) is 14.8. The zero-order chi connectivity index (χ0) is 23.5. The number of amides is 1. The van der Waals surface area contributed by atoms with Crippen LogP contribution in [-0.2, 0) is 18.3 Å². The molecule has 0 aliphatic heterocycles. The minimum atomic E-state index is -0.953. The number of nitrogens with zero attached hydrogens (tertiary/aromatic N) is 1. The largest absolute Gasteiger partial charge is 0.481 e. The first kappa shape index (κ1) is 23.1. The highest BCUT2D eigenvalue weighted by Gasteiger charge is 2.31. The molecule has 0 radical (unpaired) electrons. The molecule has 1 amide bonds. The number of hydrogen-bond donors (Lipinski definition) is 2. The number of carboxylic acid groups (broad SMARTS) is 1. The summed E-state index contributed by atoms with van der Waals surface area (Å²) in [6.45, 7) is 0.0874. The molecule has 1 aliphatic rings. The maximum absolute atomic E-state index is 13.6. The van der Waals surface area contributed by atoms with Gasteiger partial charge in [-0.1, -0.05) is 36.6 Å². The normalized spacial score (nSPS) is 14.2. The predicted molar refractivity (Wildman–Crippen MR) is 128 cm³/mol. The van der Waals surface area contributed by atoms with E-state index in [2.05, 4.69) is 5.32 Å². The molecule has 7 heteroatoms. The van der Waals surface area contributed by atoms with Crippen molar-refractivity contribution in [2.75, 3.05) is 6.54 Å². The van der Waals surface area contributed by atoms with Crippen LogP contribution in [0.5, 0.6) is 0 Å². The van der Waals surface area contributed by atoms with Crippen LogP contribution in [-0.4, -0.2) is 33.9 Å². The van der Waals surface area contributed by atoms with Crippen molar-refractivity contribution in [3.05, 3.63) is 70.4 Å². The maximum Gasteiger partial charge on any atom is 0.305 e. The highest BCUT2D eigenvalue weighted by molar-refractivity contribution is 6.31. The molecule has 33 heavy (non-hydrogen) atoms. The molecule has 2 N–H and O–H groups in total. The van der Waals surface area contributed by atoms with Crippen molar-refractivity contribution in [2.24, 2.45) is 18.9 Å². The lowest BCUT2D eigenvalue weighted by atomic mass is 9.88. The zero-order valence-corrected chi connectivity index (χ0v) is 19.3. The summed E-state index contributed by atoms with van der Waals surface area (Å²) in [5.74, 6) is -0.658. The van der Waals surface area contributed by atoms with E-state index in [1.165, 1.54) is 12.8 Å². The molecule has 3 aromatic rings. The molecule has 6 nitrogen and oxygen atoms in total. The van der Waals surface area contributed by atoms with Gasteiger partial charge in [-0.05, 0) is 60.7 Å². The third kappa shape index (κ3) is 5.63. The Kier molecular flexibility index (Phi) is 6.84. The number of aromatic nitrogens is 1. The van der Waals surface area contributed by atoms with Crippen LogP contribution >= 0.6 is 11.6 Å². The number of hydrogen-bond acceptors (Lipinski definition) is 3. The first-order chi connectivity index (χ1) is 15.8. The van der Waals surface area contributed by atoms with Gasteiger partial charge in [0.15, 0.2) is 5.78 Å². The Bertz CT molecular complexity index is 1190. The van der Waals surface area contributed by atoms with E-state index in [4.69, 9.17) is 16.7 Å². The molecule has 1 saturated carbocycles. The summed E-state index contributed by atoms with van der Waals surface area (Å²) < 4.78 is 1.94. The zero-order valence-electron chi connectivity index (χ0n) is 18.5. The summed E-state index contributed by atoms with van der Waals surface area (Å²) in [5, 5.41) is 12.9. The Labute approximate surface area is 197 Å². The first-order valence-electron chi connectivity index (χ1n) is 11.2. The van der Waals surface area contributed by atoms with Gasteiger partial charge in [0.1, 0.15) is 0 Å². The van der Waals surface area contributed by atoms with Crippen LogP contribution in [0, 0.1) is 11.8 Å². The van der Waals surface area contributed by atoms with Gasteiger partial charge in [0.25, 0.3) is 5.91 Å². The first-order valence-corrected chi connectivity index (χ1v) is 11.6. The molecule has 1 aromatic heterocycles. The second kappa shape index (κ2) is 9.79. The van der Waals surface area contributed by atoms with Crippen molar-refractivity contribution < 1.29 is 19.5 Å². The van der Waals surface area contributed by atoms with Gasteiger partial charge in [0.05, 0.1) is 12.1 Å². The van der Waals surface area contributed by atoms with E-state index >= 15 is 0 Å². The van der Waals surface area contributed by atoms with Crippen molar-refractivity contribution in [1.29, 1.82) is 0 Å². The van der Waals surface area contributed by atoms with Crippen molar-refractivity contribution >= 4 is 40.2 Å². The van der Waals surface area contributed by atoms with Crippen LogP contribution < -0.4 is 5.32 Å². The Morgan fingerprint density at radius 1 is 1.12 bits per heavy atom. The van der Waals surface area contributed by atoms with Crippen molar-refractivity contribution in [3.63, 3.8) is 0 Å². The number of aliphatic carboxylic acids is 1.